The van der Waals surface area contributed by atoms with Crippen LogP contribution in [-0.2, 0) is 0 Å². The number of nitrogens with zero attached hydrogens (tertiary/aromatic N) is 2. The van der Waals surface area contributed by atoms with Gasteiger partial charge in [0.2, 0.25) is 0 Å². The summed E-state index contributed by atoms with van der Waals surface area (Å²) < 4.78 is 0.539. The molecule has 2 aliphatic heterocycles. The van der Waals surface area contributed by atoms with Gasteiger partial charge in [-0.05, 0) is 91.6 Å². The third-order valence-corrected chi connectivity index (χ3v) is 8.97. The van der Waals surface area contributed by atoms with Crippen LogP contribution in [0.25, 0.3) is 0 Å². The molecule has 5 rings (SSSR count). The van der Waals surface area contributed by atoms with Crippen LogP contribution in [0.5, 0.6) is 0 Å². The Morgan fingerprint density at radius 3 is 2.26 bits per heavy atom. The highest BCUT2D eigenvalue weighted by Gasteiger charge is 2.42. The number of nitrogens with two attached hydrogens (primary N) is 1. The van der Waals surface area contributed by atoms with Gasteiger partial charge in [-0.15, -0.1) is 0 Å². The van der Waals surface area contributed by atoms with E-state index in [4.69, 9.17) is 5.73 Å². The molecule has 2 aromatic rings. The van der Waals surface area contributed by atoms with Gasteiger partial charge in [-0.3, -0.25) is 14.4 Å². The molecule has 1 saturated carbocycles. The fourth-order valence-corrected chi connectivity index (χ4v) is 6.20. The Labute approximate surface area is 232 Å². The van der Waals surface area contributed by atoms with Crippen molar-refractivity contribution < 1.29 is 14.4 Å². The number of rotatable bonds is 9. The van der Waals surface area contributed by atoms with E-state index in [-0.39, 0.29) is 29.7 Å². The fourth-order valence-electron chi connectivity index (χ4n) is 5.68. The van der Waals surface area contributed by atoms with Crippen LogP contribution in [0.15, 0.2) is 34.9 Å². The zero-order valence-corrected chi connectivity index (χ0v) is 23.8. The first-order chi connectivity index (χ1) is 18.1. The molecule has 3 aliphatic rings. The van der Waals surface area contributed by atoms with Gasteiger partial charge in [0.05, 0.1) is 11.1 Å². The minimum Gasteiger partial charge on any atom is -0.382 e. The first-order valence-corrected chi connectivity index (χ1v) is 14.4. The van der Waals surface area contributed by atoms with Gasteiger partial charge in [-0.2, -0.15) is 0 Å². The summed E-state index contributed by atoms with van der Waals surface area (Å²) in [6.07, 6.45) is 7.48. The average molecular weight is 583 g/mol. The number of ketones is 1. The molecular formula is C29H36BrN5O3. The molecule has 4 N–H and O–H groups in total. The molecule has 4 atom stereocenters. The molecule has 1 aromatic heterocycles. The molecule has 2 amide bonds. The summed E-state index contributed by atoms with van der Waals surface area (Å²) in [6, 6.07) is 7.96. The van der Waals surface area contributed by atoms with Gasteiger partial charge >= 0.3 is 0 Å². The molecule has 3 heterocycles. The number of nitrogens with one attached hydrogen (secondary N) is 2. The van der Waals surface area contributed by atoms with E-state index in [1.807, 2.05) is 19.1 Å². The number of pyridine rings is 1. The summed E-state index contributed by atoms with van der Waals surface area (Å²) in [6.45, 7) is 6.22. The zero-order chi connectivity index (χ0) is 27.1. The van der Waals surface area contributed by atoms with Gasteiger partial charge < -0.3 is 21.3 Å². The Hall–Kier alpha value is -2.94. The van der Waals surface area contributed by atoms with E-state index >= 15 is 0 Å². The predicted octanol–water partition coefficient (Wildman–Crippen LogP) is 4.92. The number of hydrogen-bond acceptors (Lipinski definition) is 6. The molecule has 1 unspecified atom stereocenters. The molecule has 3 fully saturated rings. The first-order valence-electron chi connectivity index (χ1n) is 13.6. The lowest BCUT2D eigenvalue weighted by Crippen LogP contribution is -2.50. The highest BCUT2D eigenvalue weighted by Crippen LogP contribution is 2.39. The van der Waals surface area contributed by atoms with Crippen molar-refractivity contribution in [3.8, 4) is 0 Å². The lowest BCUT2D eigenvalue weighted by Gasteiger charge is -2.40. The standard InChI is InChI=1S/C29H36BrN5O3/c1-15(2)16(3)33-25-13-22(24(30)12-23(25)28(31)37)29(38)34-19-10-20-7-8-21(11-19)35(20)26-9-6-18(14-32-26)27(36)17-4-5-17/h6,9,12-17,19-21,33H,4-5,7-8,10-11H2,1-3H3,(H2,31,37)(H,34,38)/t16-,19?,20-,21+/m1/s1. The van der Waals surface area contributed by atoms with Crippen molar-refractivity contribution in [2.45, 2.75) is 83.5 Å². The largest absolute Gasteiger partial charge is 0.382 e. The second-order valence-corrected chi connectivity index (χ2v) is 12.3. The molecule has 0 spiro atoms. The number of amides is 2. The van der Waals surface area contributed by atoms with Crippen LogP contribution in [0.1, 0.15) is 90.4 Å². The summed E-state index contributed by atoms with van der Waals surface area (Å²) in [7, 11) is 0. The number of fused-ring (bicyclic) bond motifs is 2. The number of halogens is 1. The normalized spacial score (nSPS) is 23.3. The van der Waals surface area contributed by atoms with E-state index < -0.39 is 5.91 Å². The molecule has 1 aliphatic carbocycles. The van der Waals surface area contributed by atoms with Crippen molar-refractivity contribution in [3.05, 3.63) is 51.6 Å². The van der Waals surface area contributed by atoms with E-state index in [2.05, 4.69) is 50.3 Å². The fraction of sp³-hybridized carbons (Fsp3) is 0.517. The van der Waals surface area contributed by atoms with Gasteiger partial charge in [0.25, 0.3) is 11.8 Å². The smallest absolute Gasteiger partial charge is 0.252 e. The van der Waals surface area contributed by atoms with Gasteiger partial charge in [-0.25, -0.2) is 4.98 Å². The number of primary amides is 1. The van der Waals surface area contributed by atoms with Gasteiger partial charge in [-0.1, -0.05) is 13.8 Å². The highest BCUT2D eigenvalue weighted by molar-refractivity contribution is 9.10. The summed E-state index contributed by atoms with van der Waals surface area (Å²) >= 11 is 3.48. The number of Topliss-reactive ketones (excluding diaryl/α,β-unsaturated/α-hetero) is 1. The maximum Gasteiger partial charge on any atom is 0.252 e. The molecule has 9 heteroatoms. The van der Waals surface area contributed by atoms with E-state index in [1.54, 1.807) is 18.3 Å². The van der Waals surface area contributed by atoms with Crippen LogP contribution in [-0.4, -0.2) is 46.7 Å². The summed E-state index contributed by atoms with van der Waals surface area (Å²) in [5.74, 6) is 0.929. The van der Waals surface area contributed by atoms with Crippen molar-refractivity contribution >= 4 is 45.0 Å². The molecule has 8 nitrogen and oxygen atoms in total. The number of piperidine rings is 1. The predicted molar refractivity (Wildman–Crippen MR) is 152 cm³/mol. The molecule has 2 saturated heterocycles. The Bertz CT molecular complexity index is 1230. The van der Waals surface area contributed by atoms with E-state index in [1.165, 1.54) is 0 Å². The zero-order valence-electron chi connectivity index (χ0n) is 22.2. The van der Waals surface area contributed by atoms with Gasteiger partial charge in [0, 0.05) is 52.0 Å². The van der Waals surface area contributed by atoms with Crippen LogP contribution in [0.2, 0.25) is 0 Å². The number of anilines is 2. The minimum absolute atomic E-state index is 0.0423. The quantitative estimate of drug-likeness (QED) is 0.362. The maximum absolute atomic E-state index is 13.4. The average Bonchev–Trinajstić information content (AvgIpc) is 3.69. The molecule has 2 bridgehead atoms. The van der Waals surface area contributed by atoms with Crippen LogP contribution >= 0.6 is 15.9 Å². The Kier molecular flexibility index (Phi) is 7.49. The van der Waals surface area contributed by atoms with Gasteiger partial charge in [0.1, 0.15) is 5.82 Å². The lowest BCUT2D eigenvalue weighted by molar-refractivity contribution is 0.0923. The number of carbonyl (C=O) groups excluding carboxylic acids is 3. The third-order valence-electron chi connectivity index (χ3n) is 8.31. The summed E-state index contributed by atoms with van der Waals surface area (Å²) in [5, 5.41) is 6.59. The Morgan fingerprint density at radius 1 is 1.03 bits per heavy atom. The topological polar surface area (TPSA) is 117 Å². The van der Waals surface area contributed by atoms with Crippen molar-refractivity contribution in [1.82, 2.24) is 10.3 Å². The Balaban J connectivity index is 1.27. The second kappa shape index (κ2) is 10.7. The van der Waals surface area contributed by atoms with Gasteiger partial charge in [0.15, 0.2) is 5.78 Å². The SMILES string of the molecule is CC(C)[C@@H](C)Nc1cc(C(=O)NC2C[C@H]3CC[C@@H](C2)N3c2ccc(C(=O)C3CC3)cn2)c(Br)cc1C(N)=O. The number of aromatic nitrogens is 1. The number of hydrogen-bond donors (Lipinski definition) is 3. The van der Waals surface area contributed by atoms with E-state index in [0.717, 1.165) is 44.3 Å². The minimum atomic E-state index is -0.543. The third kappa shape index (κ3) is 5.44. The number of carbonyl (C=O) groups is 3. The Morgan fingerprint density at radius 2 is 1.71 bits per heavy atom. The number of benzene rings is 1. The molecular weight excluding hydrogens is 546 g/mol. The molecule has 0 radical (unpaired) electrons. The van der Waals surface area contributed by atoms with Crippen molar-refractivity contribution in [1.29, 1.82) is 0 Å². The van der Waals surface area contributed by atoms with Crippen LogP contribution in [0.3, 0.4) is 0 Å². The lowest BCUT2D eigenvalue weighted by atomic mass is 9.96. The maximum atomic E-state index is 13.4. The monoisotopic (exact) mass is 581 g/mol. The van der Waals surface area contributed by atoms with E-state index in [9.17, 15) is 14.4 Å². The van der Waals surface area contributed by atoms with Crippen molar-refractivity contribution in [3.63, 3.8) is 0 Å². The van der Waals surface area contributed by atoms with Crippen LogP contribution < -0.4 is 21.3 Å². The van der Waals surface area contributed by atoms with Crippen LogP contribution in [0, 0.1) is 11.8 Å². The molecule has 202 valence electrons. The van der Waals surface area contributed by atoms with Crippen LogP contribution in [0.4, 0.5) is 11.5 Å². The molecule has 1 aromatic carbocycles. The van der Waals surface area contributed by atoms with Crippen molar-refractivity contribution in [2.24, 2.45) is 17.6 Å². The first kappa shape index (κ1) is 26.7. The highest BCUT2D eigenvalue weighted by atomic mass is 79.9. The second-order valence-electron chi connectivity index (χ2n) is 11.4. The summed E-state index contributed by atoms with van der Waals surface area (Å²) in [4.78, 5) is 44.8. The van der Waals surface area contributed by atoms with Crippen molar-refractivity contribution in [2.75, 3.05) is 10.2 Å². The summed E-state index contributed by atoms with van der Waals surface area (Å²) in [5.41, 5.74) is 7.72. The van der Waals surface area contributed by atoms with E-state index in [0.29, 0.717) is 44.9 Å². The molecule has 38 heavy (non-hydrogen) atoms.